The minimum atomic E-state index is -4.53. The summed E-state index contributed by atoms with van der Waals surface area (Å²) in [5, 5.41) is 5.14. The molecule has 2 amide bonds. The summed E-state index contributed by atoms with van der Waals surface area (Å²) in [4.78, 5) is 19.5. The van der Waals surface area contributed by atoms with Crippen molar-refractivity contribution >= 4 is 28.2 Å². The number of alkyl halides is 3. The molecule has 0 atom stereocenters. The van der Waals surface area contributed by atoms with Gasteiger partial charge in [0.15, 0.2) is 5.13 Å². The number of nitrogens with zero attached hydrogens (tertiary/aromatic N) is 2. The maximum Gasteiger partial charge on any atom is 0.418 e. The lowest BCUT2D eigenvalue weighted by Gasteiger charge is -2.20. The molecule has 2 heterocycles. The number of carbonyl (C=O) groups is 1. The van der Waals surface area contributed by atoms with Gasteiger partial charge in [-0.05, 0) is 19.2 Å². The summed E-state index contributed by atoms with van der Waals surface area (Å²) in [5.41, 5.74) is -0.243. The molecule has 2 N–H and O–H groups in total. The Labute approximate surface area is 140 Å². The zero-order valence-electron chi connectivity index (χ0n) is 12.8. The SMILES string of the molecule is CN1CCc2nc(NC(=O)Nc3ccccc3C(F)(F)F)sc2C1. The first-order chi connectivity index (χ1) is 11.3. The van der Waals surface area contributed by atoms with Gasteiger partial charge in [-0.25, -0.2) is 9.78 Å². The number of halogens is 3. The van der Waals surface area contributed by atoms with Crippen LogP contribution >= 0.6 is 11.3 Å². The number of hydrogen-bond acceptors (Lipinski definition) is 4. The van der Waals surface area contributed by atoms with Gasteiger partial charge in [-0.15, -0.1) is 11.3 Å². The number of amides is 2. The third kappa shape index (κ3) is 3.68. The smallest absolute Gasteiger partial charge is 0.307 e. The van der Waals surface area contributed by atoms with Crippen LogP contribution in [0.2, 0.25) is 0 Å². The van der Waals surface area contributed by atoms with Crippen LogP contribution in [-0.4, -0.2) is 29.5 Å². The second-order valence-electron chi connectivity index (χ2n) is 5.50. The van der Waals surface area contributed by atoms with Crippen LogP contribution in [0.5, 0.6) is 0 Å². The van der Waals surface area contributed by atoms with Crippen LogP contribution in [0.1, 0.15) is 16.1 Å². The van der Waals surface area contributed by atoms with Crippen LogP contribution in [0.15, 0.2) is 24.3 Å². The van der Waals surface area contributed by atoms with Gasteiger partial charge < -0.3 is 10.2 Å². The molecule has 0 saturated heterocycles. The Balaban J connectivity index is 1.71. The highest BCUT2D eigenvalue weighted by Crippen LogP contribution is 2.34. The van der Waals surface area contributed by atoms with Gasteiger partial charge in [-0.1, -0.05) is 12.1 Å². The molecule has 0 bridgehead atoms. The van der Waals surface area contributed by atoms with Crippen molar-refractivity contribution in [2.45, 2.75) is 19.1 Å². The fraction of sp³-hybridized carbons (Fsp3) is 0.333. The van der Waals surface area contributed by atoms with Gasteiger partial charge in [-0.2, -0.15) is 13.2 Å². The van der Waals surface area contributed by atoms with E-state index in [4.69, 9.17) is 0 Å². The maximum absolute atomic E-state index is 12.9. The molecule has 2 aromatic rings. The lowest BCUT2D eigenvalue weighted by Crippen LogP contribution is -2.25. The lowest BCUT2D eigenvalue weighted by molar-refractivity contribution is -0.136. The molecule has 3 rings (SSSR count). The molecule has 24 heavy (non-hydrogen) atoms. The van der Waals surface area contributed by atoms with Crippen molar-refractivity contribution in [2.75, 3.05) is 24.2 Å². The van der Waals surface area contributed by atoms with Gasteiger partial charge in [-0.3, -0.25) is 5.32 Å². The summed E-state index contributed by atoms with van der Waals surface area (Å²) in [5.74, 6) is 0. The first-order valence-electron chi connectivity index (χ1n) is 7.24. The number of hydrogen-bond donors (Lipinski definition) is 2. The largest absolute Gasteiger partial charge is 0.418 e. The lowest BCUT2D eigenvalue weighted by atomic mass is 10.1. The van der Waals surface area contributed by atoms with Crippen LogP contribution in [-0.2, 0) is 19.1 Å². The van der Waals surface area contributed by atoms with Crippen molar-refractivity contribution < 1.29 is 18.0 Å². The highest BCUT2D eigenvalue weighted by atomic mass is 32.1. The molecule has 0 unspecified atom stereocenters. The van der Waals surface area contributed by atoms with Crippen molar-refractivity contribution in [1.29, 1.82) is 0 Å². The fourth-order valence-corrected chi connectivity index (χ4v) is 3.55. The third-order valence-corrected chi connectivity index (χ3v) is 4.62. The molecule has 9 heteroatoms. The van der Waals surface area contributed by atoms with Gasteiger partial charge in [0.05, 0.1) is 16.9 Å². The number of aromatic nitrogens is 1. The number of likely N-dealkylation sites (N-methyl/N-ethyl adjacent to an activating group) is 1. The molecule has 0 fully saturated rings. The number of anilines is 2. The Kier molecular flexibility index (Phi) is 4.46. The van der Waals surface area contributed by atoms with E-state index in [0.717, 1.165) is 36.1 Å². The van der Waals surface area contributed by atoms with Crippen molar-refractivity contribution in [3.05, 3.63) is 40.4 Å². The summed E-state index contributed by atoms with van der Waals surface area (Å²) in [6.07, 6.45) is -3.74. The topological polar surface area (TPSA) is 57.3 Å². The molecule has 0 aliphatic carbocycles. The minimum absolute atomic E-state index is 0.288. The Bertz CT molecular complexity index is 759. The zero-order valence-corrected chi connectivity index (χ0v) is 13.6. The average molecular weight is 356 g/mol. The number of urea groups is 1. The van der Waals surface area contributed by atoms with E-state index in [1.165, 1.54) is 29.5 Å². The Morgan fingerprint density at radius 2 is 2.04 bits per heavy atom. The Morgan fingerprint density at radius 3 is 2.79 bits per heavy atom. The first kappa shape index (κ1) is 16.7. The quantitative estimate of drug-likeness (QED) is 0.861. The third-order valence-electron chi connectivity index (χ3n) is 3.62. The molecule has 0 saturated carbocycles. The van der Waals surface area contributed by atoms with E-state index in [9.17, 15) is 18.0 Å². The molecule has 0 spiro atoms. The van der Waals surface area contributed by atoms with Gasteiger partial charge in [0.2, 0.25) is 0 Å². The van der Waals surface area contributed by atoms with Gasteiger partial charge >= 0.3 is 12.2 Å². The molecule has 1 aromatic carbocycles. The van der Waals surface area contributed by atoms with Crippen LogP contribution in [0, 0.1) is 0 Å². The van der Waals surface area contributed by atoms with E-state index in [-0.39, 0.29) is 5.69 Å². The van der Waals surface area contributed by atoms with E-state index < -0.39 is 17.8 Å². The molecule has 1 aromatic heterocycles. The number of rotatable bonds is 2. The molecule has 1 aliphatic heterocycles. The second kappa shape index (κ2) is 6.40. The van der Waals surface area contributed by atoms with E-state index >= 15 is 0 Å². The molecular formula is C15H15F3N4OS. The average Bonchev–Trinajstić information content (AvgIpc) is 2.87. The summed E-state index contributed by atoms with van der Waals surface area (Å²) >= 11 is 1.34. The summed E-state index contributed by atoms with van der Waals surface area (Å²) < 4.78 is 38.8. The Hall–Kier alpha value is -2.13. The standard InChI is InChI=1S/C15H15F3N4OS/c1-22-7-6-11-12(8-22)24-14(20-11)21-13(23)19-10-5-3-2-4-9(10)15(16,17)18/h2-5H,6-8H2,1H3,(H2,19,20,21,23). The van der Waals surface area contributed by atoms with E-state index in [0.29, 0.717) is 5.13 Å². The van der Waals surface area contributed by atoms with Crippen LogP contribution in [0.4, 0.5) is 28.8 Å². The molecule has 0 radical (unpaired) electrons. The molecule has 128 valence electrons. The Morgan fingerprint density at radius 1 is 1.29 bits per heavy atom. The summed E-state index contributed by atoms with van der Waals surface area (Å²) in [6.45, 7) is 1.65. The van der Waals surface area contributed by atoms with Gasteiger partial charge in [0.1, 0.15) is 0 Å². The predicted octanol–water partition coefficient (Wildman–Crippen LogP) is 3.79. The van der Waals surface area contributed by atoms with Crippen molar-refractivity contribution in [2.24, 2.45) is 0 Å². The number of thiazole rings is 1. The second-order valence-corrected chi connectivity index (χ2v) is 6.58. The highest BCUT2D eigenvalue weighted by Gasteiger charge is 2.33. The van der Waals surface area contributed by atoms with Crippen LogP contribution in [0.25, 0.3) is 0 Å². The highest BCUT2D eigenvalue weighted by molar-refractivity contribution is 7.15. The molecule has 5 nitrogen and oxygen atoms in total. The minimum Gasteiger partial charge on any atom is -0.307 e. The number of carbonyl (C=O) groups excluding carboxylic acids is 1. The number of nitrogens with one attached hydrogen (secondary N) is 2. The van der Waals surface area contributed by atoms with E-state index in [1.54, 1.807) is 0 Å². The molecule has 1 aliphatic rings. The summed E-state index contributed by atoms with van der Waals surface area (Å²) in [7, 11) is 2.00. The van der Waals surface area contributed by atoms with Crippen molar-refractivity contribution in [1.82, 2.24) is 9.88 Å². The molecular weight excluding hydrogens is 341 g/mol. The summed E-state index contributed by atoms with van der Waals surface area (Å²) in [6, 6.07) is 4.10. The normalized spacial score (nSPS) is 15.0. The van der Waals surface area contributed by atoms with E-state index in [2.05, 4.69) is 20.5 Å². The monoisotopic (exact) mass is 356 g/mol. The van der Waals surface area contributed by atoms with Crippen LogP contribution in [0.3, 0.4) is 0 Å². The number of fused-ring (bicyclic) bond motifs is 1. The fourth-order valence-electron chi connectivity index (χ4n) is 2.47. The van der Waals surface area contributed by atoms with Crippen molar-refractivity contribution in [3.63, 3.8) is 0 Å². The number of para-hydroxylation sites is 1. The van der Waals surface area contributed by atoms with Crippen molar-refractivity contribution in [3.8, 4) is 0 Å². The van der Waals surface area contributed by atoms with Crippen LogP contribution < -0.4 is 10.6 Å². The predicted molar refractivity (Wildman–Crippen MR) is 86.2 cm³/mol. The van der Waals surface area contributed by atoms with Gasteiger partial charge in [0, 0.05) is 24.4 Å². The van der Waals surface area contributed by atoms with Gasteiger partial charge in [0.25, 0.3) is 0 Å². The maximum atomic E-state index is 12.9. The van der Waals surface area contributed by atoms with E-state index in [1.807, 2.05) is 7.05 Å². The number of benzene rings is 1. The zero-order chi connectivity index (χ0) is 17.3. The first-order valence-corrected chi connectivity index (χ1v) is 8.06.